The van der Waals surface area contributed by atoms with Gasteiger partial charge in [-0.1, -0.05) is 29.8 Å². The molecule has 21 heavy (non-hydrogen) atoms. The second kappa shape index (κ2) is 6.17. The highest BCUT2D eigenvalue weighted by Crippen LogP contribution is 2.47. The molecule has 2 aromatic carbocycles. The first kappa shape index (κ1) is 14.6. The van der Waals surface area contributed by atoms with Crippen LogP contribution in [0.15, 0.2) is 42.5 Å². The number of rotatable bonds is 3. The van der Waals surface area contributed by atoms with E-state index in [4.69, 9.17) is 32.7 Å². The van der Waals surface area contributed by atoms with Crippen molar-refractivity contribution in [3.05, 3.63) is 58.6 Å². The third kappa shape index (κ3) is 2.83. The lowest BCUT2D eigenvalue weighted by Gasteiger charge is -2.30. The highest BCUT2D eigenvalue weighted by molar-refractivity contribution is 6.31. The van der Waals surface area contributed by atoms with Crippen molar-refractivity contribution in [1.82, 2.24) is 0 Å². The third-order valence-corrected chi connectivity index (χ3v) is 4.62. The van der Waals surface area contributed by atoms with Gasteiger partial charge in [-0.25, -0.2) is 0 Å². The van der Waals surface area contributed by atoms with Gasteiger partial charge in [0.05, 0.1) is 19.1 Å². The predicted octanol–water partition coefficient (Wildman–Crippen LogP) is 5.19. The molecular formula is C17H16Cl2O2. The number of para-hydroxylation sites is 1. The van der Waals surface area contributed by atoms with Crippen LogP contribution in [0.3, 0.4) is 0 Å². The van der Waals surface area contributed by atoms with Crippen molar-refractivity contribution in [1.29, 1.82) is 0 Å². The molecule has 2 aromatic rings. The number of fused-ring (bicyclic) bond motifs is 1. The number of hydrogen-bond donors (Lipinski definition) is 0. The average molecular weight is 323 g/mol. The number of ether oxygens (including phenoxy) is 2. The first-order valence-corrected chi connectivity index (χ1v) is 7.71. The van der Waals surface area contributed by atoms with E-state index < -0.39 is 0 Å². The van der Waals surface area contributed by atoms with E-state index in [9.17, 15) is 0 Å². The lowest BCUT2D eigenvalue weighted by atomic mass is 9.86. The van der Waals surface area contributed by atoms with E-state index in [1.54, 1.807) is 7.11 Å². The van der Waals surface area contributed by atoms with Gasteiger partial charge in [0.15, 0.2) is 0 Å². The molecule has 0 amide bonds. The zero-order valence-corrected chi connectivity index (χ0v) is 13.2. The van der Waals surface area contributed by atoms with Crippen LogP contribution in [0, 0.1) is 0 Å². The van der Waals surface area contributed by atoms with Gasteiger partial charge in [0.1, 0.15) is 11.5 Å². The van der Waals surface area contributed by atoms with Crippen molar-refractivity contribution in [3.8, 4) is 11.5 Å². The summed E-state index contributed by atoms with van der Waals surface area (Å²) in [6.07, 6.45) is 0.876. The van der Waals surface area contributed by atoms with E-state index >= 15 is 0 Å². The van der Waals surface area contributed by atoms with Crippen molar-refractivity contribution in [2.24, 2.45) is 0 Å². The summed E-state index contributed by atoms with van der Waals surface area (Å²) >= 11 is 12.9. The lowest BCUT2D eigenvalue weighted by Crippen LogP contribution is -2.18. The van der Waals surface area contributed by atoms with Gasteiger partial charge in [0.25, 0.3) is 0 Å². The standard InChI is InChI=1S/C17H16Cl2O2/c1-20-15-7-6-11(18)10-14(15)17(19)13-8-9-21-16-5-3-2-4-12(13)16/h2-7,10,13,17H,8-9H2,1H3. The number of hydrogen-bond acceptors (Lipinski definition) is 2. The molecule has 2 atom stereocenters. The predicted molar refractivity (Wildman–Crippen MR) is 85.9 cm³/mol. The highest BCUT2D eigenvalue weighted by Gasteiger charge is 2.30. The van der Waals surface area contributed by atoms with Gasteiger partial charge >= 0.3 is 0 Å². The van der Waals surface area contributed by atoms with Crippen LogP contribution in [0.25, 0.3) is 0 Å². The number of benzene rings is 2. The van der Waals surface area contributed by atoms with Crippen LogP contribution in [0.5, 0.6) is 11.5 Å². The second-order valence-corrected chi connectivity index (χ2v) is 5.98. The summed E-state index contributed by atoms with van der Waals surface area (Å²) in [5.74, 6) is 1.87. The lowest BCUT2D eigenvalue weighted by molar-refractivity contribution is 0.264. The zero-order chi connectivity index (χ0) is 14.8. The average Bonchev–Trinajstić information content (AvgIpc) is 2.53. The summed E-state index contributed by atoms with van der Waals surface area (Å²) in [5, 5.41) is 0.459. The Morgan fingerprint density at radius 2 is 2.05 bits per heavy atom. The highest BCUT2D eigenvalue weighted by atomic mass is 35.5. The quantitative estimate of drug-likeness (QED) is 0.723. The van der Waals surface area contributed by atoms with E-state index in [0.29, 0.717) is 11.6 Å². The molecule has 4 heteroatoms. The smallest absolute Gasteiger partial charge is 0.123 e. The Morgan fingerprint density at radius 3 is 2.86 bits per heavy atom. The van der Waals surface area contributed by atoms with Gasteiger partial charge < -0.3 is 9.47 Å². The molecule has 1 aliphatic rings. The topological polar surface area (TPSA) is 18.5 Å². The molecule has 2 nitrogen and oxygen atoms in total. The zero-order valence-electron chi connectivity index (χ0n) is 11.7. The van der Waals surface area contributed by atoms with Crippen molar-refractivity contribution in [3.63, 3.8) is 0 Å². The summed E-state index contributed by atoms with van der Waals surface area (Å²) in [5.41, 5.74) is 2.07. The van der Waals surface area contributed by atoms with Crippen LogP contribution < -0.4 is 9.47 Å². The first-order chi connectivity index (χ1) is 10.2. The van der Waals surface area contributed by atoms with Crippen LogP contribution in [0.2, 0.25) is 5.02 Å². The minimum atomic E-state index is -0.205. The Bertz CT molecular complexity index is 642. The normalized spacial score (nSPS) is 18.5. The summed E-state index contributed by atoms with van der Waals surface area (Å²) < 4.78 is 11.1. The first-order valence-electron chi connectivity index (χ1n) is 6.90. The summed E-state index contributed by atoms with van der Waals surface area (Å²) in [6.45, 7) is 0.674. The van der Waals surface area contributed by atoms with E-state index in [0.717, 1.165) is 29.0 Å². The monoisotopic (exact) mass is 322 g/mol. The Hall–Kier alpha value is -1.38. The minimum absolute atomic E-state index is 0.184. The maximum absolute atomic E-state index is 6.77. The van der Waals surface area contributed by atoms with Gasteiger partial charge in [0.2, 0.25) is 0 Å². The van der Waals surface area contributed by atoms with Gasteiger partial charge in [0, 0.05) is 16.5 Å². The van der Waals surface area contributed by atoms with Crippen molar-refractivity contribution >= 4 is 23.2 Å². The Kier molecular flexibility index (Phi) is 4.27. The fourth-order valence-corrected chi connectivity index (χ4v) is 3.42. The van der Waals surface area contributed by atoms with Crippen LogP contribution >= 0.6 is 23.2 Å². The van der Waals surface area contributed by atoms with Crippen LogP contribution in [-0.2, 0) is 0 Å². The molecule has 0 saturated heterocycles. The van der Waals surface area contributed by atoms with E-state index in [1.165, 1.54) is 0 Å². The maximum Gasteiger partial charge on any atom is 0.123 e. The van der Waals surface area contributed by atoms with Gasteiger partial charge in [-0.3, -0.25) is 0 Å². The molecule has 0 aromatic heterocycles. The Morgan fingerprint density at radius 1 is 1.24 bits per heavy atom. The number of methoxy groups -OCH3 is 1. The fraction of sp³-hybridized carbons (Fsp3) is 0.294. The third-order valence-electron chi connectivity index (χ3n) is 3.85. The Balaban J connectivity index is 2.00. The molecule has 0 spiro atoms. The Labute approximate surface area is 134 Å². The van der Waals surface area contributed by atoms with Crippen molar-refractivity contribution in [2.75, 3.05) is 13.7 Å². The summed E-state index contributed by atoms with van der Waals surface area (Å²) in [4.78, 5) is 0. The molecule has 110 valence electrons. The van der Waals surface area contributed by atoms with Gasteiger partial charge in [-0.05, 0) is 36.2 Å². The molecule has 0 N–H and O–H groups in total. The van der Waals surface area contributed by atoms with Crippen molar-refractivity contribution < 1.29 is 9.47 Å². The molecular weight excluding hydrogens is 307 g/mol. The fourth-order valence-electron chi connectivity index (χ4n) is 2.81. The van der Waals surface area contributed by atoms with E-state index in [2.05, 4.69) is 6.07 Å². The number of halogens is 2. The largest absolute Gasteiger partial charge is 0.496 e. The molecule has 2 unspecified atom stereocenters. The summed E-state index contributed by atoms with van der Waals surface area (Å²) in [7, 11) is 1.65. The van der Waals surface area contributed by atoms with E-state index in [-0.39, 0.29) is 11.3 Å². The number of alkyl halides is 1. The second-order valence-electron chi connectivity index (χ2n) is 5.07. The molecule has 3 rings (SSSR count). The van der Waals surface area contributed by atoms with Gasteiger partial charge in [-0.2, -0.15) is 0 Å². The molecule has 0 fully saturated rings. The maximum atomic E-state index is 6.77. The SMILES string of the molecule is COc1ccc(Cl)cc1C(Cl)C1CCOc2ccccc21. The molecule has 0 saturated carbocycles. The van der Waals surface area contributed by atoms with Gasteiger partial charge in [-0.15, -0.1) is 11.6 Å². The van der Waals surface area contributed by atoms with Crippen LogP contribution in [-0.4, -0.2) is 13.7 Å². The minimum Gasteiger partial charge on any atom is -0.496 e. The molecule has 0 radical (unpaired) electrons. The molecule has 1 aliphatic heterocycles. The van der Waals surface area contributed by atoms with E-state index in [1.807, 2.05) is 36.4 Å². The molecule has 0 bridgehead atoms. The van der Waals surface area contributed by atoms with Crippen molar-refractivity contribution in [2.45, 2.75) is 17.7 Å². The molecule has 1 heterocycles. The van der Waals surface area contributed by atoms with Crippen LogP contribution in [0.4, 0.5) is 0 Å². The van der Waals surface area contributed by atoms with Crippen LogP contribution in [0.1, 0.15) is 28.8 Å². The molecule has 0 aliphatic carbocycles. The summed E-state index contributed by atoms with van der Waals surface area (Å²) in [6, 6.07) is 13.6.